The van der Waals surface area contributed by atoms with Gasteiger partial charge in [0.2, 0.25) is 5.69 Å². The lowest BCUT2D eigenvalue weighted by atomic mass is 10.3. The number of pyridine rings is 1. The van der Waals surface area contributed by atoms with E-state index in [2.05, 4.69) is 26.6 Å². The molecule has 0 bridgehead atoms. The van der Waals surface area contributed by atoms with Gasteiger partial charge in [0, 0.05) is 18.2 Å². The molecule has 0 spiro atoms. The van der Waals surface area contributed by atoms with Gasteiger partial charge in [0.25, 0.3) is 0 Å². The molecule has 0 saturated carbocycles. The first-order valence-electron chi connectivity index (χ1n) is 4.09. The summed E-state index contributed by atoms with van der Waals surface area (Å²) in [4.78, 5) is 0. The number of benzene rings is 1. The van der Waals surface area contributed by atoms with E-state index in [1.165, 1.54) is 0 Å². The van der Waals surface area contributed by atoms with Gasteiger partial charge in [-0.05, 0) is 22.0 Å². The normalized spacial score (nSPS) is 9.92. The van der Waals surface area contributed by atoms with Crippen molar-refractivity contribution in [3.05, 3.63) is 59.3 Å². The number of hydrogen-bond acceptors (Lipinski definition) is 0. The van der Waals surface area contributed by atoms with E-state index < -0.39 is 0 Å². The van der Waals surface area contributed by atoms with Crippen molar-refractivity contribution in [1.82, 2.24) is 0 Å². The molecular weight excluding hydrogens is 226 g/mol. The standard InChI is InChI=1S/C11H9BrN/c12-10-6-2-3-7-11(10)13-8-4-1-5-9-13/h1-9H/q+1. The molecule has 0 saturated heterocycles. The molecule has 1 nitrogen and oxygen atoms in total. The molecule has 1 aromatic heterocycles. The summed E-state index contributed by atoms with van der Waals surface area (Å²) in [5.74, 6) is 0. The molecule has 0 amide bonds. The van der Waals surface area contributed by atoms with Gasteiger partial charge < -0.3 is 0 Å². The molecule has 1 heterocycles. The van der Waals surface area contributed by atoms with Gasteiger partial charge in [0.05, 0.1) is 4.47 Å². The summed E-state index contributed by atoms with van der Waals surface area (Å²) >= 11 is 3.51. The van der Waals surface area contributed by atoms with Crippen LogP contribution in [-0.2, 0) is 0 Å². The Morgan fingerprint density at radius 2 is 1.54 bits per heavy atom. The average Bonchev–Trinajstić information content (AvgIpc) is 2.20. The van der Waals surface area contributed by atoms with Crippen LogP contribution in [0, 0.1) is 0 Å². The summed E-state index contributed by atoms with van der Waals surface area (Å²) in [5.41, 5.74) is 1.16. The van der Waals surface area contributed by atoms with Crippen molar-refractivity contribution < 1.29 is 4.57 Å². The Bertz CT molecular complexity index is 398. The smallest absolute Gasteiger partial charge is 0.166 e. The molecule has 0 unspecified atom stereocenters. The second-order valence-corrected chi connectivity index (χ2v) is 3.59. The SMILES string of the molecule is Brc1ccccc1-[n+]1ccccc1. The first-order chi connectivity index (χ1) is 6.38. The fourth-order valence-electron chi connectivity index (χ4n) is 1.22. The highest BCUT2D eigenvalue weighted by Crippen LogP contribution is 2.14. The van der Waals surface area contributed by atoms with Crippen LogP contribution in [0.15, 0.2) is 59.3 Å². The number of nitrogens with zero attached hydrogens (tertiary/aromatic N) is 1. The van der Waals surface area contributed by atoms with Crippen molar-refractivity contribution in [3.8, 4) is 5.69 Å². The maximum atomic E-state index is 3.51. The minimum atomic E-state index is 1.10. The van der Waals surface area contributed by atoms with E-state index in [9.17, 15) is 0 Å². The monoisotopic (exact) mass is 234 g/mol. The average molecular weight is 235 g/mol. The Morgan fingerprint density at radius 1 is 0.846 bits per heavy atom. The van der Waals surface area contributed by atoms with E-state index in [1.807, 2.05) is 48.8 Å². The van der Waals surface area contributed by atoms with E-state index in [1.54, 1.807) is 0 Å². The van der Waals surface area contributed by atoms with Crippen molar-refractivity contribution in [3.63, 3.8) is 0 Å². The van der Waals surface area contributed by atoms with Gasteiger partial charge in [0.1, 0.15) is 0 Å². The Hall–Kier alpha value is -1.15. The lowest BCUT2D eigenvalue weighted by molar-refractivity contribution is -0.596. The van der Waals surface area contributed by atoms with E-state index in [0.29, 0.717) is 0 Å². The summed E-state index contributed by atoms with van der Waals surface area (Å²) in [6.07, 6.45) is 4.06. The summed E-state index contributed by atoms with van der Waals surface area (Å²) in [7, 11) is 0. The van der Waals surface area contributed by atoms with Crippen molar-refractivity contribution in [1.29, 1.82) is 0 Å². The molecule has 0 aliphatic heterocycles. The first kappa shape index (κ1) is 8.45. The van der Waals surface area contributed by atoms with Crippen LogP contribution in [-0.4, -0.2) is 0 Å². The molecule has 0 atom stereocenters. The van der Waals surface area contributed by atoms with Crippen LogP contribution in [0.3, 0.4) is 0 Å². The highest BCUT2D eigenvalue weighted by molar-refractivity contribution is 9.10. The van der Waals surface area contributed by atoms with E-state index in [-0.39, 0.29) is 0 Å². The Balaban J connectivity index is 2.54. The van der Waals surface area contributed by atoms with Crippen LogP contribution in [0.25, 0.3) is 5.69 Å². The zero-order chi connectivity index (χ0) is 9.10. The molecule has 13 heavy (non-hydrogen) atoms. The third kappa shape index (κ3) is 1.78. The maximum Gasteiger partial charge on any atom is 0.224 e. The van der Waals surface area contributed by atoms with Crippen molar-refractivity contribution in [2.75, 3.05) is 0 Å². The molecule has 0 radical (unpaired) electrons. The number of rotatable bonds is 1. The predicted octanol–water partition coefficient (Wildman–Crippen LogP) is 2.73. The molecular formula is C11H9BrN+. The Labute approximate surface area is 85.8 Å². The molecule has 1 aromatic carbocycles. The molecule has 2 heteroatoms. The Morgan fingerprint density at radius 3 is 2.23 bits per heavy atom. The van der Waals surface area contributed by atoms with E-state index in [4.69, 9.17) is 0 Å². The molecule has 0 aliphatic rings. The van der Waals surface area contributed by atoms with Crippen LogP contribution in [0.1, 0.15) is 0 Å². The van der Waals surface area contributed by atoms with Gasteiger partial charge in [-0.3, -0.25) is 0 Å². The summed E-state index contributed by atoms with van der Waals surface area (Å²) in [6.45, 7) is 0. The number of hydrogen-bond donors (Lipinski definition) is 0. The Kier molecular flexibility index (Phi) is 2.41. The number of para-hydroxylation sites is 1. The van der Waals surface area contributed by atoms with Gasteiger partial charge in [0.15, 0.2) is 12.4 Å². The van der Waals surface area contributed by atoms with Gasteiger partial charge >= 0.3 is 0 Å². The van der Waals surface area contributed by atoms with E-state index in [0.717, 1.165) is 10.2 Å². The zero-order valence-electron chi connectivity index (χ0n) is 7.02. The molecule has 0 N–H and O–H groups in total. The van der Waals surface area contributed by atoms with Crippen molar-refractivity contribution in [2.24, 2.45) is 0 Å². The lowest BCUT2D eigenvalue weighted by Gasteiger charge is -1.96. The van der Waals surface area contributed by atoms with E-state index >= 15 is 0 Å². The maximum absolute atomic E-state index is 3.51. The third-order valence-corrected chi connectivity index (χ3v) is 2.52. The van der Waals surface area contributed by atoms with Gasteiger partial charge in [-0.25, -0.2) is 0 Å². The lowest BCUT2D eigenvalue weighted by Crippen LogP contribution is -2.29. The molecule has 2 aromatic rings. The van der Waals surface area contributed by atoms with Crippen molar-refractivity contribution >= 4 is 15.9 Å². The number of aromatic nitrogens is 1. The van der Waals surface area contributed by atoms with Crippen molar-refractivity contribution in [2.45, 2.75) is 0 Å². The molecule has 0 aliphatic carbocycles. The minimum Gasteiger partial charge on any atom is -0.166 e. The summed E-state index contributed by atoms with van der Waals surface area (Å²) in [5, 5.41) is 0. The molecule has 64 valence electrons. The highest BCUT2D eigenvalue weighted by atomic mass is 79.9. The largest absolute Gasteiger partial charge is 0.224 e. The fraction of sp³-hybridized carbons (Fsp3) is 0. The third-order valence-electron chi connectivity index (χ3n) is 1.85. The second-order valence-electron chi connectivity index (χ2n) is 2.73. The fourth-order valence-corrected chi connectivity index (χ4v) is 1.71. The van der Waals surface area contributed by atoms with Gasteiger partial charge in [-0.2, -0.15) is 4.57 Å². The van der Waals surface area contributed by atoms with Gasteiger partial charge in [-0.1, -0.05) is 18.2 Å². The van der Waals surface area contributed by atoms with Crippen LogP contribution in [0.2, 0.25) is 0 Å². The topological polar surface area (TPSA) is 3.88 Å². The first-order valence-corrected chi connectivity index (χ1v) is 4.88. The van der Waals surface area contributed by atoms with Crippen LogP contribution >= 0.6 is 15.9 Å². The van der Waals surface area contributed by atoms with Crippen LogP contribution < -0.4 is 4.57 Å². The quantitative estimate of drug-likeness (QED) is 0.669. The number of halogens is 1. The summed E-state index contributed by atoms with van der Waals surface area (Å²) < 4.78 is 3.18. The molecule has 2 rings (SSSR count). The molecule has 0 fully saturated rings. The van der Waals surface area contributed by atoms with Crippen LogP contribution in [0.4, 0.5) is 0 Å². The zero-order valence-corrected chi connectivity index (χ0v) is 8.61. The summed E-state index contributed by atoms with van der Waals surface area (Å²) in [6, 6.07) is 14.2. The predicted molar refractivity (Wildman–Crippen MR) is 55.7 cm³/mol. The van der Waals surface area contributed by atoms with Gasteiger partial charge in [-0.15, -0.1) is 0 Å². The minimum absolute atomic E-state index is 1.10. The second kappa shape index (κ2) is 3.71. The highest BCUT2D eigenvalue weighted by Gasteiger charge is 2.07. The van der Waals surface area contributed by atoms with Crippen LogP contribution in [0.5, 0.6) is 0 Å².